The number of nitrogens with zero attached hydrogens (tertiary/aromatic N) is 1. The predicted octanol–water partition coefficient (Wildman–Crippen LogP) is 1.81. The van der Waals surface area contributed by atoms with Crippen molar-refractivity contribution in [2.24, 2.45) is 0 Å². The first kappa shape index (κ1) is 8.62. The lowest BCUT2D eigenvalue weighted by Crippen LogP contribution is -1.94. The Hall–Kier alpha value is -1.97. The summed E-state index contributed by atoms with van der Waals surface area (Å²) in [5.41, 5.74) is 15.2. The van der Waals surface area contributed by atoms with Crippen molar-refractivity contribution in [2.45, 2.75) is 6.92 Å². The molecule has 0 saturated heterocycles. The largest absolute Gasteiger partial charge is 0.397 e. The zero-order valence-electron chi connectivity index (χ0n) is 7.82. The average molecular weight is 189 g/mol. The average Bonchev–Trinajstić information content (AvgIpc) is 2.57. The van der Waals surface area contributed by atoms with Gasteiger partial charge in [0.05, 0.1) is 17.1 Å². The number of nitrogens with two attached hydrogens (primary N) is 2. The molecular weight excluding hydrogens is 178 g/mol. The van der Waals surface area contributed by atoms with Crippen molar-refractivity contribution in [1.82, 2.24) is 5.16 Å². The molecule has 1 aromatic heterocycles. The highest BCUT2D eigenvalue weighted by Crippen LogP contribution is 2.26. The fraction of sp³-hybridized carbons (Fsp3) is 0.100. The van der Waals surface area contributed by atoms with E-state index in [2.05, 4.69) is 5.16 Å². The quantitative estimate of drug-likeness (QED) is 0.670. The van der Waals surface area contributed by atoms with Gasteiger partial charge in [-0.3, -0.25) is 0 Å². The molecule has 1 heterocycles. The number of nitrogen functional groups attached to an aromatic ring is 2. The highest BCUT2D eigenvalue weighted by molar-refractivity contribution is 5.74. The second-order valence-electron chi connectivity index (χ2n) is 3.16. The molecule has 0 bridgehead atoms. The van der Waals surface area contributed by atoms with Crippen molar-refractivity contribution in [2.75, 3.05) is 11.5 Å². The molecule has 4 N–H and O–H groups in total. The molecule has 0 amide bonds. The monoisotopic (exact) mass is 189 g/mol. The topological polar surface area (TPSA) is 78.1 Å². The van der Waals surface area contributed by atoms with Gasteiger partial charge in [-0.15, -0.1) is 0 Å². The molecule has 1 aromatic carbocycles. The maximum Gasteiger partial charge on any atom is 0.131 e. The molecule has 0 aliphatic rings. The molecule has 0 aliphatic heterocycles. The molecule has 72 valence electrons. The van der Waals surface area contributed by atoms with Crippen molar-refractivity contribution < 1.29 is 4.52 Å². The van der Waals surface area contributed by atoms with Gasteiger partial charge in [-0.2, -0.15) is 0 Å². The first-order valence-electron chi connectivity index (χ1n) is 4.25. The maximum absolute atomic E-state index is 5.70. The Morgan fingerprint density at radius 2 is 2.00 bits per heavy atom. The second kappa shape index (κ2) is 3.06. The third-order valence-electron chi connectivity index (χ3n) is 2.15. The van der Waals surface area contributed by atoms with Gasteiger partial charge in [0.1, 0.15) is 6.26 Å². The Balaban J connectivity index is 2.53. The van der Waals surface area contributed by atoms with Gasteiger partial charge < -0.3 is 16.0 Å². The van der Waals surface area contributed by atoms with Gasteiger partial charge in [-0.1, -0.05) is 11.2 Å². The Bertz CT molecular complexity index is 462. The van der Waals surface area contributed by atoms with Gasteiger partial charge in [-0.25, -0.2) is 0 Å². The summed E-state index contributed by atoms with van der Waals surface area (Å²) in [6.07, 6.45) is 1.60. The number of aryl methyl sites for hydroxylation is 1. The second-order valence-corrected chi connectivity index (χ2v) is 3.16. The number of benzene rings is 1. The van der Waals surface area contributed by atoms with Crippen LogP contribution in [0, 0.1) is 6.92 Å². The van der Waals surface area contributed by atoms with Crippen LogP contribution in [0.5, 0.6) is 0 Å². The molecule has 4 heteroatoms. The van der Waals surface area contributed by atoms with Crippen LogP contribution >= 0.6 is 0 Å². The van der Waals surface area contributed by atoms with Crippen molar-refractivity contribution >= 4 is 11.4 Å². The van der Waals surface area contributed by atoms with Crippen LogP contribution in [0.25, 0.3) is 11.1 Å². The molecule has 0 atom stereocenters. The zero-order chi connectivity index (χ0) is 10.1. The third kappa shape index (κ3) is 1.31. The van der Waals surface area contributed by atoms with E-state index < -0.39 is 0 Å². The van der Waals surface area contributed by atoms with Crippen molar-refractivity contribution in [3.63, 3.8) is 0 Å². The van der Waals surface area contributed by atoms with Gasteiger partial charge in [0.25, 0.3) is 0 Å². The van der Waals surface area contributed by atoms with E-state index in [0.29, 0.717) is 11.4 Å². The Morgan fingerprint density at radius 3 is 2.57 bits per heavy atom. The minimum Gasteiger partial charge on any atom is -0.397 e. The molecule has 0 radical (unpaired) electrons. The standard InChI is InChI=1S/C10H11N3O/c1-6-8(5-14-13-6)7-2-3-9(11)10(12)4-7/h2-5H,11-12H2,1H3. The molecule has 0 aliphatic carbocycles. The highest BCUT2D eigenvalue weighted by Gasteiger charge is 2.06. The van der Waals surface area contributed by atoms with Gasteiger partial charge in [0.2, 0.25) is 0 Å². The summed E-state index contributed by atoms with van der Waals surface area (Å²) in [7, 11) is 0. The molecule has 0 spiro atoms. The van der Waals surface area contributed by atoms with E-state index in [4.69, 9.17) is 16.0 Å². The number of rotatable bonds is 1. The van der Waals surface area contributed by atoms with Crippen LogP contribution < -0.4 is 11.5 Å². The first-order valence-corrected chi connectivity index (χ1v) is 4.25. The van der Waals surface area contributed by atoms with Crippen LogP contribution in [0.1, 0.15) is 5.69 Å². The summed E-state index contributed by atoms with van der Waals surface area (Å²) in [4.78, 5) is 0. The summed E-state index contributed by atoms with van der Waals surface area (Å²) in [5, 5.41) is 3.80. The fourth-order valence-electron chi connectivity index (χ4n) is 1.31. The lowest BCUT2D eigenvalue weighted by Gasteiger charge is -2.02. The summed E-state index contributed by atoms with van der Waals surface area (Å²) in [6, 6.07) is 5.48. The minimum absolute atomic E-state index is 0.572. The molecule has 0 fully saturated rings. The maximum atomic E-state index is 5.70. The summed E-state index contributed by atoms with van der Waals surface area (Å²) >= 11 is 0. The third-order valence-corrected chi connectivity index (χ3v) is 2.15. The van der Waals surface area contributed by atoms with Crippen molar-refractivity contribution in [3.8, 4) is 11.1 Å². The van der Waals surface area contributed by atoms with Crippen LogP contribution in [0.2, 0.25) is 0 Å². The zero-order valence-corrected chi connectivity index (χ0v) is 7.82. The summed E-state index contributed by atoms with van der Waals surface area (Å²) < 4.78 is 4.85. The fourth-order valence-corrected chi connectivity index (χ4v) is 1.31. The smallest absolute Gasteiger partial charge is 0.131 e. The Kier molecular flexibility index (Phi) is 1.89. The van der Waals surface area contributed by atoms with Gasteiger partial charge in [0, 0.05) is 5.56 Å². The number of hydrogen-bond donors (Lipinski definition) is 2. The number of anilines is 2. The molecule has 4 nitrogen and oxygen atoms in total. The number of hydrogen-bond acceptors (Lipinski definition) is 4. The first-order chi connectivity index (χ1) is 6.68. The van der Waals surface area contributed by atoms with E-state index in [-0.39, 0.29) is 0 Å². The Morgan fingerprint density at radius 1 is 1.21 bits per heavy atom. The summed E-state index contributed by atoms with van der Waals surface area (Å²) in [5.74, 6) is 0. The molecular formula is C10H11N3O. The van der Waals surface area contributed by atoms with E-state index in [1.807, 2.05) is 19.1 Å². The van der Waals surface area contributed by atoms with E-state index in [1.54, 1.807) is 12.3 Å². The van der Waals surface area contributed by atoms with Gasteiger partial charge >= 0.3 is 0 Å². The normalized spacial score (nSPS) is 10.4. The van der Waals surface area contributed by atoms with Crippen molar-refractivity contribution in [1.29, 1.82) is 0 Å². The van der Waals surface area contributed by atoms with Crippen LogP contribution in [0.3, 0.4) is 0 Å². The van der Waals surface area contributed by atoms with Gasteiger partial charge in [0.15, 0.2) is 0 Å². The van der Waals surface area contributed by atoms with E-state index in [1.165, 1.54) is 0 Å². The van der Waals surface area contributed by atoms with E-state index >= 15 is 0 Å². The molecule has 14 heavy (non-hydrogen) atoms. The molecule has 0 saturated carbocycles. The lowest BCUT2D eigenvalue weighted by atomic mass is 10.1. The van der Waals surface area contributed by atoms with Crippen LogP contribution in [-0.2, 0) is 0 Å². The molecule has 2 rings (SSSR count). The lowest BCUT2D eigenvalue weighted by molar-refractivity contribution is 0.415. The van der Waals surface area contributed by atoms with Crippen LogP contribution in [-0.4, -0.2) is 5.16 Å². The van der Waals surface area contributed by atoms with Crippen LogP contribution in [0.15, 0.2) is 29.0 Å². The molecule has 2 aromatic rings. The van der Waals surface area contributed by atoms with E-state index in [0.717, 1.165) is 16.8 Å². The van der Waals surface area contributed by atoms with Crippen molar-refractivity contribution in [3.05, 3.63) is 30.2 Å². The Labute approximate surface area is 81.5 Å². The van der Waals surface area contributed by atoms with Gasteiger partial charge in [-0.05, 0) is 24.6 Å². The predicted molar refractivity (Wildman–Crippen MR) is 55.5 cm³/mol. The van der Waals surface area contributed by atoms with Crippen LogP contribution in [0.4, 0.5) is 11.4 Å². The highest BCUT2D eigenvalue weighted by atomic mass is 16.5. The SMILES string of the molecule is Cc1nocc1-c1ccc(N)c(N)c1. The molecule has 0 unspecified atom stereocenters. The minimum atomic E-state index is 0.572. The summed E-state index contributed by atoms with van der Waals surface area (Å²) in [6.45, 7) is 1.88. The van der Waals surface area contributed by atoms with E-state index in [9.17, 15) is 0 Å². The number of aromatic nitrogens is 1.